The molecule has 0 aliphatic heterocycles. The molecule has 1 unspecified atom stereocenters. The number of ketones is 1. The third kappa shape index (κ3) is 4.03. The average Bonchev–Trinajstić information content (AvgIpc) is 2.29. The van der Waals surface area contributed by atoms with Crippen LogP contribution in [0.5, 0.6) is 0 Å². The summed E-state index contributed by atoms with van der Waals surface area (Å²) in [6.07, 6.45) is 1.06. The van der Waals surface area contributed by atoms with Crippen molar-refractivity contribution in [1.29, 1.82) is 0 Å². The van der Waals surface area contributed by atoms with Crippen molar-refractivity contribution in [2.45, 2.75) is 20.3 Å². The second-order valence-corrected chi connectivity index (χ2v) is 4.19. The van der Waals surface area contributed by atoms with Gasteiger partial charge in [0.05, 0.1) is 0 Å². The molecular weight excluding hydrogens is 200 g/mol. The van der Waals surface area contributed by atoms with Crippen LogP contribution in [0, 0.1) is 5.92 Å². The number of nitrogens with one attached hydrogen (secondary N) is 1. The first-order chi connectivity index (χ1) is 7.63. The molecular formula is C13H20N2O. The van der Waals surface area contributed by atoms with Gasteiger partial charge >= 0.3 is 0 Å². The van der Waals surface area contributed by atoms with Crippen LogP contribution in [-0.2, 0) is 0 Å². The fourth-order valence-corrected chi connectivity index (χ4v) is 1.40. The summed E-state index contributed by atoms with van der Waals surface area (Å²) in [6.45, 7) is 5.36. The molecule has 16 heavy (non-hydrogen) atoms. The molecule has 3 heteroatoms. The number of carbonyl (C=O) groups is 1. The van der Waals surface area contributed by atoms with Gasteiger partial charge in [0, 0.05) is 17.8 Å². The molecule has 3 nitrogen and oxygen atoms in total. The molecule has 0 spiro atoms. The highest BCUT2D eigenvalue weighted by atomic mass is 16.1. The maximum absolute atomic E-state index is 11.1. The molecule has 0 aliphatic rings. The third-order valence-electron chi connectivity index (χ3n) is 2.66. The normalized spacial score (nSPS) is 12.2. The van der Waals surface area contributed by atoms with E-state index in [1.165, 1.54) is 0 Å². The van der Waals surface area contributed by atoms with Crippen molar-refractivity contribution >= 4 is 11.5 Å². The summed E-state index contributed by atoms with van der Waals surface area (Å²) < 4.78 is 0. The second kappa shape index (κ2) is 6.28. The zero-order chi connectivity index (χ0) is 12.0. The molecule has 0 aromatic heterocycles. The van der Waals surface area contributed by atoms with Crippen LogP contribution in [0.15, 0.2) is 24.3 Å². The van der Waals surface area contributed by atoms with Crippen LogP contribution in [0.3, 0.4) is 0 Å². The van der Waals surface area contributed by atoms with Gasteiger partial charge in [-0.2, -0.15) is 0 Å². The van der Waals surface area contributed by atoms with Gasteiger partial charge in [-0.25, -0.2) is 0 Å². The summed E-state index contributed by atoms with van der Waals surface area (Å²) in [4.78, 5) is 11.1. The van der Waals surface area contributed by atoms with Crippen molar-refractivity contribution < 1.29 is 4.79 Å². The van der Waals surface area contributed by atoms with Crippen molar-refractivity contribution in [2.75, 3.05) is 18.4 Å². The topological polar surface area (TPSA) is 55.1 Å². The van der Waals surface area contributed by atoms with E-state index in [2.05, 4.69) is 12.2 Å². The van der Waals surface area contributed by atoms with Gasteiger partial charge in [0.1, 0.15) is 0 Å². The molecule has 88 valence electrons. The van der Waals surface area contributed by atoms with Crippen LogP contribution in [0.4, 0.5) is 5.69 Å². The van der Waals surface area contributed by atoms with E-state index in [1.807, 2.05) is 24.3 Å². The highest BCUT2D eigenvalue weighted by Crippen LogP contribution is 2.10. The molecule has 1 atom stereocenters. The van der Waals surface area contributed by atoms with Crippen LogP contribution >= 0.6 is 0 Å². The molecule has 0 saturated heterocycles. The van der Waals surface area contributed by atoms with Gasteiger partial charge in [0.15, 0.2) is 5.78 Å². The van der Waals surface area contributed by atoms with Crippen LogP contribution in [-0.4, -0.2) is 18.9 Å². The minimum Gasteiger partial charge on any atom is -0.385 e. The van der Waals surface area contributed by atoms with Crippen molar-refractivity contribution in [2.24, 2.45) is 11.7 Å². The Balaban J connectivity index is 2.40. The molecule has 0 amide bonds. The van der Waals surface area contributed by atoms with E-state index in [4.69, 9.17) is 5.73 Å². The summed E-state index contributed by atoms with van der Waals surface area (Å²) in [5, 5.41) is 3.31. The monoisotopic (exact) mass is 220 g/mol. The zero-order valence-corrected chi connectivity index (χ0v) is 9.99. The van der Waals surface area contributed by atoms with Crippen LogP contribution in [0.1, 0.15) is 30.6 Å². The lowest BCUT2D eigenvalue weighted by Gasteiger charge is -2.10. The first kappa shape index (κ1) is 12.7. The van der Waals surface area contributed by atoms with Crippen LogP contribution < -0.4 is 11.1 Å². The first-order valence-electron chi connectivity index (χ1n) is 5.68. The third-order valence-corrected chi connectivity index (χ3v) is 2.66. The quantitative estimate of drug-likeness (QED) is 0.723. The van der Waals surface area contributed by atoms with E-state index in [0.29, 0.717) is 5.92 Å². The SMILES string of the molecule is CC(=O)c1ccc(NCCC(C)CN)cc1. The lowest BCUT2D eigenvalue weighted by atomic mass is 10.1. The molecule has 1 aromatic rings. The lowest BCUT2D eigenvalue weighted by Crippen LogP contribution is -2.14. The van der Waals surface area contributed by atoms with Crippen LogP contribution in [0.25, 0.3) is 0 Å². The number of hydrogen-bond acceptors (Lipinski definition) is 3. The molecule has 1 aromatic carbocycles. The Morgan fingerprint density at radius 1 is 1.38 bits per heavy atom. The Hall–Kier alpha value is -1.35. The molecule has 0 radical (unpaired) electrons. The van der Waals surface area contributed by atoms with Crippen LogP contribution in [0.2, 0.25) is 0 Å². The van der Waals surface area contributed by atoms with Crippen molar-refractivity contribution in [3.8, 4) is 0 Å². The molecule has 0 bridgehead atoms. The zero-order valence-electron chi connectivity index (χ0n) is 9.99. The Morgan fingerprint density at radius 3 is 2.50 bits per heavy atom. The Kier molecular flexibility index (Phi) is 4.99. The second-order valence-electron chi connectivity index (χ2n) is 4.19. The van der Waals surface area contributed by atoms with Crippen molar-refractivity contribution in [3.05, 3.63) is 29.8 Å². The van der Waals surface area contributed by atoms with E-state index in [1.54, 1.807) is 6.92 Å². The summed E-state index contributed by atoms with van der Waals surface area (Å²) >= 11 is 0. The first-order valence-corrected chi connectivity index (χ1v) is 5.68. The van der Waals surface area contributed by atoms with Gasteiger partial charge in [-0.05, 0) is 50.1 Å². The van der Waals surface area contributed by atoms with E-state index in [9.17, 15) is 4.79 Å². The number of rotatable bonds is 6. The van der Waals surface area contributed by atoms with Gasteiger partial charge in [-0.15, -0.1) is 0 Å². The number of hydrogen-bond donors (Lipinski definition) is 2. The lowest BCUT2D eigenvalue weighted by molar-refractivity contribution is 0.101. The smallest absolute Gasteiger partial charge is 0.159 e. The maximum Gasteiger partial charge on any atom is 0.159 e. The largest absolute Gasteiger partial charge is 0.385 e. The molecule has 3 N–H and O–H groups in total. The highest BCUT2D eigenvalue weighted by molar-refractivity contribution is 5.94. The number of nitrogens with two attached hydrogens (primary N) is 1. The van der Waals surface area contributed by atoms with Gasteiger partial charge < -0.3 is 11.1 Å². The van der Waals surface area contributed by atoms with Gasteiger partial charge in [-0.3, -0.25) is 4.79 Å². The highest BCUT2D eigenvalue weighted by Gasteiger charge is 2.00. The maximum atomic E-state index is 11.1. The molecule has 0 heterocycles. The Labute approximate surface area is 97.0 Å². The average molecular weight is 220 g/mol. The molecule has 1 rings (SSSR count). The standard InChI is InChI=1S/C13H20N2O/c1-10(9-14)7-8-15-13-5-3-12(4-6-13)11(2)16/h3-6,10,15H,7-9,14H2,1-2H3. The Bertz CT molecular complexity index is 332. The fourth-order valence-electron chi connectivity index (χ4n) is 1.40. The number of Topliss-reactive ketones (excluding diaryl/α,β-unsaturated/α-hetero) is 1. The fraction of sp³-hybridized carbons (Fsp3) is 0.462. The summed E-state index contributed by atoms with van der Waals surface area (Å²) in [5.74, 6) is 0.646. The van der Waals surface area contributed by atoms with Gasteiger partial charge in [-0.1, -0.05) is 6.92 Å². The minimum absolute atomic E-state index is 0.100. The predicted molar refractivity (Wildman–Crippen MR) is 67.8 cm³/mol. The van der Waals surface area contributed by atoms with E-state index < -0.39 is 0 Å². The molecule has 0 saturated carbocycles. The van der Waals surface area contributed by atoms with E-state index in [0.717, 1.165) is 30.8 Å². The minimum atomic E-state index is 0.100. The summed E-state index contributed by atoms with van der Waals surface area (Å²) in [6, 6.07) is 7.56. The predicted octanol–water partition coefficient (Wildman–Crippen LogP) is 2.29. The molecule has 0 aliphatic carbocycles. The van der Waals surface area contributed by atoms with Crippen molar-refractivity contribution in [3.63, 3.8) is 0 Å². The summed E-state index contributed by atoms with van der Waals surface area (Å²) in [7, 11) is 0. The van der Waals surface area contributed by atoms with Crippen molar-refractivity contribution in [1.82, 2.24) is 0 Å². The van der Waals surface area contributed by atoms with E-state index in [-0.39, 0.29) is 5.78 Å². The molecule has 0 fully saturated rings. The number of benzene rings is 1. The number of carbonyl (C=O) groups excluding carboxylic acids is 1. The van der Waals surface area contributed by atoms with Gasteiger partial charge in [0.25, 0.3) is 0 Å². The number of anilines is 1. The van der Waals surface area contributed by atoms with Gasteiger partial charge in [0.2, 0.25) is 0 Å². The summed E-state index contributed by atoms with van der Waals surface area (Å²) in [5.41, 5.74) is 7.34. The Morgan fingerprint density at radius 2 is 2.00 bits per heavy atom. The van der Waals surface area contributed by atoms with E-state index >= 15 is 0 Å².